The van der Waals surface area contributed by atoms with Gasteiger partial charge < -0.3 is 14.7 Å². The van der Waals surface area contributed by atoms with Crippen LogP contribution in [-0.2, 0) is 20.9 Å². The third kappa shape index (κ3) is 3.72. The second kappa shape index (κ2) is 7.26. The van der Waals surface area contributed by atoms with Crippen molar-refractivity contribution < 1.29 is 19.2 Å². The molecule has 3 heterocycles. The summed E-state index contributed by atoms with van der Waals surface area (Å²) in [5, 5.41) is 2.18. The molecule has 3 aliphatic heterocycles. The largest absolute Gasteiger partial charge is 0.341 e. The quantitative estimate of drug-likeness (QED) is 0.769. The predicted octanol–water partition coefficient (Wildman–Crippen LogP) is 0.580. The third-order valence-corrected chi connectivity index (χ3v) is 5.99. The van der Waals surface area contributed by atoms with Crippen LogP contribution >= 0.6 is 0 Å². The zero-order valence-corrected chi connectivity index (χ0v) is 15.7. The molecule has 4 rings (SSSR count). The Bertz CT molecular complexity index is 802. The monoisotopic (exact) mass is 384 g/mol. The minimum atomic E-state index is -0.509. The summed E-state index contributed by atoms with van der Waals surface area (Å²) in [7, 11) is 0. The van der Waals surface area contributed by atoms with E-state index < -0.39 is 6.03 Å². The molecule has 28 heavy (non-hydrogen) atoms. The number of amides is 5. The van der Waals surface area contributed by atoms with E-state index in [1.165, 1.54) is 4.90 Å². The number of nitrogens with one attached hydrogen (secondary N) is 1. The van der Waals surface area contributed by atoms with Crippen LogP contribution in [-0.4, -0.2) is 71.2 Å². The van der Waals surface area contributed by atoms with Crippen molar-refractivity contribution in [3.8, 4) is 0 Å². The van der Waals surface area contributed by atoms with Gasteiger partial charge in [-0.15, -0.1) is 0 Å². The first-order valence-corrected chi connectivity index (χ1v) is 9.62. The average Bonchev–Trinajstić information content (AvgIpc) is 3.14. The molecule has 5 amide bonds. The molecule has 0 bridgehead atoms. The highest BCUT2D eigenvalue weighted by atomic mass is 16.2. The molecule has 0 atom stereocenters. The lowest BCUT2D eigenvalue weighted by Crippen LogP contribution is -2.48. The summed E-state index contributed by atoms with van der Waals surface area (Å²) in [6.07, 6.45) is 2.09. The molecular weight excluding hydrogens is 360 g/mol. The number of carbonyl (C=O) groups is 4. The fourth-order valence-electron chi connectivity index (χ4n) is 4.37. The zero-order valence-electron chi connectivity index (χ0n) is 15.7. The molecule has 3 aliphatic rings. The molecule has 0 saturated carbocycles. The van der Waals surface area contributed by atoms with Gasteiger partial charge in [0.1, 0.15) is 13.1 Å². The number of benzene rings is 1. The summed E-state index contributed by atoms with van der Waals surface area (Å²) in [6.45, 7) is 2.37. The summed E-state index contributed by atoms with van der Waals surface area (Å²) in [5.41, 5.74) is 1.06. The van der Waals surface area contributed by atoms with Crippen LogP contribution in [0.3, 0.4) is 0 Å². The lowest BCUT2D eigenvalue weighted by molar-refractivity contribution is -0.134. The lowest BCUT2D eigenvalue weighted by Gasteiger charge is -2.39. The van der Waals surface area contributed by atoms with E-state index in [-0.39, 0.29) is 36.2 Å². The normalized spacial score (nSPS) is 21.6. The highest BCUT2D eigenvalue weighted by Crippen LogP contribution is 2.41. The number of likely N-dealkylation sites (tertiary alicyclic amines) is 2. The van der Waals surface area contributed by atoms with Gasteiger partial charge in [0.15, 0.2) is 0 Å². The molecule has 8 nitrogen and oxygen atoms in total. The van der Waals surface area contributed by atoms with Crippen molar-refractivity contribution in [1.82, 2.24) is 20.0 Å². The van der Waals surface area contributed by atoms with Gasteiger partial charge in [0.25, 0.3) is 0 Å². The number of hydrogen-bond acceptors (Lipinski definition) is 4. The Balaban J connectivity index is 1.31. The Labute approximate surface area is 163 Å². The maximum atomic E-state index is 12.5. The van der Waals surface area contributed by atoms with E-state index >= 15 is 0 Å². The number of piperidine rings is 1. The van der Waals surface area contributed by atoms with Gasteiger partial charge in [0.2, 0.25) is 17.7 Å². The van der Waals surface area contributed by atoms with Crippen LogP contribution in [0.4, 0.5) is 4.79 Å². The fourth-order valence-corrected chi connectivity index (χ4v) is 4.37. The first kappa shape index (κ1) is 18.5. The van der Waals surface area contributed by atoms with E-state index in [9.17, 15) is 19.2 Å². The summed E-state index contributed by atoms with van der Waals surface area (Å²) in [4.78, 5) is 52.8. The molecule has 148 valence electrons. The zero-order chi connectivity index (χ0) is 19.7. The number of urea groups is 1. The SMILES string of the molecule is O=C1CN(CC(=O)N2CCC3(CC2)CC(=O)N(Cc2ccccc2)C3)C(=O)N1. The fraction of sp³-hybridized carbons (Fsp3) is 0.500. The van der Waals surface area contributed by atoms with Gasteiger partial charge in [-0.1, -0.05) is 30.3 Å². The standard InChI is InChI=1S/C20H24N4O4/c25-16-12-23(19(28)21-16)13-18(27)22-8-6-20(7-9-22)10-17(26)24(14-20)11-15-4-2-1-3-5-15/h1-5H,6-14H2,(H,21,25,28). The Hall–Kier alpha value is -2.90. The first-order valence-electron chi connectivity index (χ1n) is 9.62. The smallest absolute Gasteiger partial charge is 0.325 e. The van der Waals surface area contributed by atoms with Gasteiger partial charge in [0, 0.05) is 38.0 Å². The Morgan fingerprint density at radius 2 is 1.75 bits per heavy atom. The van der Waals surface area contributed by atoms with Gasteiger partial charge >= 0.3 is 6.03 Å². The number of nitrogens with zero attached hydrogens (tertiary/aromatic N) is 3. The van der Waals surface area contributed by atoms with E-state index in [0.29, 0.717) is 26.1 Å². The van der Waals surface area contributed by atoms with Crippen molar-refractivity contribution >= 4 is 23.8 Å². The van der Waals surface area contributed by atoms with Crippen molar-refractivity contribution in [1.29, 1.82) is 0 Å². The van der Waals surface area contributed by atoms with Crippen LogP contribution in [0.1, 0.15) is 24.8 Å². The maximum absolute atomic E-state index is 12.5. The minimum Gasteiger partial charge on any atom is -0.341 e. The Kier molecular flexibility index (Phi) is 4.78. The van der Waals surface area contributed by atoms with Gasteiger partial charge in [-0.25, -0.2) is 4.79 Å². The maximum Gasteiger partial charge on any atom is 0.325 e. The molecule has 1 spiro atoms. The van der Waals surface area contributed by atoms with Gasteiger partial charge in [-0.2, -0.15) is 0 Å². The first-order chi connectivity index (χ1) is 13.4. The van der Waals surface area contributed by atoms with Crippen molar-refractivity contribution in [2.24, 2.45) is 5.41 Å². The van der Waals surface area contributed by atoms with E-state index in [2.05, 4.69) is 5.32 Å². The van der Waals surface area contributed by atoms with Crippen molar-refractivity contribution in [3.63, 3.8) is 0 Å². The second-order valence-corrected chi connectivity index (χ2v) is 8.00. The van der Waals surface area contributed by atoms with Crippen molar-refractivity contribution in [3.05, 3.63) is 35.9 Å². The van der Waals surface area contributed by atoms with Crippen LogP contribution in [0.15, 0.2) is 30.3 Å². The van der Waals surface area contributed by atoms with Crippen molar-refractivity contribution in [2.45, 2.75) is 25.8 Å². The molecule has 0 aromatic heterocycles. The van der Waals surface area contributed by atoms with E-state index in [1.807, 2.05) is 35.2 Å². The molecule has 0 unspecified atom stereocenters. The second-order valence-electron chi connectivity index (χ2n) is 8.00. The van der Waals surface area contributed by atoms with E-state index in [0.717, 1.165) is 24.9 Å². The van der Waals surface area contributed by atoms with E-state index in [4.69, 9.17) is 0 Å². The number of imide groups is 1. The summed E-state index contributed by atoms with van der Waals surface area (Å²) < 4.78 is 0. The lowest BCUT2D eigenvalue weighted by atomic mass is 9.77. The summed E-state index contributed by atoms with van der Waals surface area (Å²) in [6, 6.07) is 9.46. The molecule has 3 fully saturated rings. The molecule has 1 aromatic carbocycles. The molecule has 8 heteroatoms. The predicted molar refractivity (Wildman–Crippen MR) is 99.8 cm³/mol. The van der Waals surface area contributed by atoms with Gasteiger partial charge in [0.05, 0.1) is 0 Å². The number of carbonyl (C=O) groups excluding carboxylic acids is 4. The van der Waals surface area contributed by atoms with E-state index in [1.54, 1.807) is 4.90 Å². The number of hydrogen-bond donors (Lipinski definition) is 1. The number of rotatable bonds is 4. The van der Waals surface area contributed by atoms with Crippen LogP contribution in [0.25, 0.3) is 0 Å². The van der Waals surface area contributed by atoms with Crippen LogP contribution in [0.5, 0.6) is 0 Å². The minimum absolute atomic E-state index is 0.0642. The molecule has 0 aliphatic carbocycles. The van der Waals surface area contributed by atoms with Crippen LogP contribution in [0.2, 0.25) is 0 Å². The Morgan fingerprint density at radius 3 is 2.39 bits per heavy atom. The van der Waals surface area contributed by atoms with Gasteiger partial charge in [-0.3, -0.25) is 19.7 Å². The van der Waals surface area contributed by atoms with Gasteiger partial charge in [-0.05, 0) is 18.4 Å². The highest BCUT2D eigenvalue weighted by Gasteiger charge is 2.45. The third-order valence-electron chi connectivity index (χ3n) is 5.99. The summed E-state index contributed by atoms with van der Waals surface area (Å²) >= 11 is 0. The molecular formula is C20H24N4O4. The molecule has 0 radical (unpaired) electrons. The highest BCUT2D eigenvalue weighted by molar-refractivity contribution is 6.03. The van der Waals surface area contributed by atoms with Crippen molar-refractivity contribution in [2.75, 3.05) is 32.7 Å². The Morgan fingerprint density at radius 1 is 1.04 bits per heavy atom. The van der Waals surface area contributed by atoms with Crippen LogP contribution in [0, 0.1) is 5.41 Å². The molecule has 1 aromatic rings. The average molecular weight is 384 g/mol. The molecule has 3 saturated heterocycles. The van der Waals surface area contributed by atoms with Crippen LogP contribution < -0.4 is 5.32 Å². The summed E-state index contributed by atoms with van der Waals surface area (Å²) in [5.74, 6) is -0.348. The topological polar surface area (TPSA) is 90.0 Å². The molecule has 1 N–H and O–H groups in total.